The summed E-state index contributed by atoms with van der Waals surface area (Å²) in [4.78, 5) is 35.0. The molecule has 152 valence electrons. The van der Waals surface area contributed by atoms with Crippen LogP contribution in [0.5, 0.6) is 5.75 Å². The van der Waals surface area contributed by atoms with E-state index in [0.717, 1.165) is 0 Å². The molecule has 2 rings (SSSR count). The summed E-state index contributed by atoms with van der Waals surface area (Å²) in [5, 5.41) is 0.581. The van der Waals surface area contributed by atoms with Crippen molar-refractivity contribution in [2.45, 2.75) is 32.5 Å². The molecule has 1 aromatic carbocycles. The number of carbonyl (C=O) groups excluding carboxylic acids is 2. The van der Waals surface area contributed by atoms with Gasteiger partial charge in [-0.05, 0) is 43.5 Å². The first-order chi connectivity index (χ1) is 13.2. The lowest BCUT2D eigenvalue weighted by Crippen LogP contribution is -2.30. The molecule has 0 aliphatic rings. The maximum atomic E-state index is 12.6. The van der Waals surface area contributed by atoms with Gasteiger partial charge >= 0.3 is 18.1 Å². The summed E-state index contributed by atoms with van der Waals surface area (Å²) in [5.74, 6) is -3.54. The second-order valence-corrected chi connectivity index (χ2v) is 5.87. The van der Waals surface area contributed by atoms with Gasteiger partial charge < -0.3 is 19.8 Å². The summed E-state index contributed by atoms with van der Waals surface area (Å²) in [6.07, 6.45) is -5.38. The lowest BCUT2D eigenvalue weighted by molar-refractivity contribution is -0.201. The molecule has 0 bridgehead atoms. The Bertz CT molecular complexity index is 937. The number of halogens is 3. The number of pyridine rings is 1. The number of hydrogen-bond acceptors (Lipinski definition) is 6. The van der Waals surface area contributed by atoms with E-state index in [4.69, 9.17) is 10.5 Å². The van der Waals surface area contributed by atoms with Crippen molar-refractivity contribution in [3.8, 4) is 5.75 Å². The van der Waals surface area contributed by atoms with Gasteiger partial charge in [-0.1, -0.05) is 0 Å². The topological polar surface area (TPSA) is 101 Å². The molecule has 0 fully saturated rings. The van der Waals surface area contributed by atoms with Crippen molar-refractivity contribution < 1.29 is 32.2 Å². The van der Waals surface area contributed by atoms with Gasteiger partial charge in [-0.15, -0.1) is 0 Å². The largest absolute Gasteiger partial charge is 0.493 e. The Morgan fingerprint density at radius 2 is 1.93 bits per heavy atom. The number of alkyl halides is 3. The monoisotopic (exact) mass is 400 g/mol. The number of nitrogens with zero attached hydrogens (tertiary/aromatic N) is 1. The molecule has 0 saturated carbocycles. The van der Waals surface area contributed by atoms with E-state index in [2.05, 4.69) is 4.74 Å². The summed E-state index contributed by atoms with van der Waals surface area (Å²) >= 11 is 0. The molecular weight excluding hydrogens is 381 g/mol. The minimum absolute atomic E-state index is 0.0777. The fourth-order valence-corrected chi connectivity index (χ4v) is 2.57. The standard InChI is InChI=1S/C18H19F3N2O5/c1-2-23-14-10-13(27-7-3-6-22)5-4-11(14)8-12(16(23)25)9-15(24)28-17(26)18(19,20)21/h4-5,8,10H,2-3,6-7,9,22H2,1H3. The van der Waals surface area contributed by atoms with Crippen molar-refractivity contribution in [3.05, 3.63) is 40.2 Å². The third-order valence-electron chi connectivity index (χ3n) is 3.85. The molecule has 0 spiro atoms. The Balaban J connectivity index is 2.32. The van der Waals surface area contributed by atoms with Crippen LogP contribution < -0.4 is 16.0 Å². The van der Waals surface area contributed by atoms with Gasteiger partial charge in [0, 0.05) is 18.2 Å². The molecule has 10 heteroatoms. The van der Waals surface area contributed by atoms with Crippen molar-refractivity contribution >= 4 is 22.8 Å². The van der Waals surface area contributed by atoms with E-state index < -0.39 is 30.1 Å². The van der Waals surface area contributed by atoms with Gasteiger partial charge in [0.2, 0.25) is 0 Å². The normalized spacial score (nSPS) is 11.5. The fraction of sp³-hybridized carbons (Fsp3) is 0.389. The average Bonchev–Trinajstić information content (AvgIpc) is 2.62. The van der Waals surface area contributed by atoms with Crippen molar-refractivity contribution in [3.63, 3.8) is 0 Å². The smallest absolute Gasteiger partial charge is 0.491 e. The minimum Gasteiger partial charge on any atom is -0.493 e. The molecule has 0 aliphatic heterocycles. The van der Waals surface area contributed by atoms with Crippen LogP contribution in [0.1, 0.15) is 18.9 Å². The Morgan fingerprint density at radius 3 is 2.54 bits per heavy atom. The van der Waals surface area contributed by atoms with Crippen molar-refractivity contribution in [2.75, 3.05) is 13.2 Å². The SMILES string of the molecule is CCn1c(=O)c(CC(=O)OC(=O)C(F)(F)F)cc2ccc(OCCCN)cc21. The molecule has 0 unspecified atom stereocenters. The number of esters is 2. The van der Waals surface area contributed by atoms with Gasteiger partial charge in [-0.3, -0.25) is 9.59 Å². The Labute approximate surface area is 157 Å². The van der Waals surface area contributed by atoms with Gasteiger partial charge in [-0.2, -0.15) is 13.2 Å². The number of hydrogen-bond donors (Lipinski definition) is 1. The first kappa shape index (κ1) is 21.4. The predicted molar refractivity (Wildman–Crippen MR) is 93.9 cm³/mol. The van der Waals surface area contributed by atoms with Gasteiger partial charge in [0.25, 0.3) is 5.56 Å². The number of carbonyl (C=O) groups is 2. The van der Waals surface area contributed by atoms with E-state index in [1.165, 1.54) is 10.6 Å². The number of benzene rings is 1. The van der Waals surface area contributed by atoms with E-state index >= 15 is 0 Å². The summed E-state index contributed by atoms with van der Waals surface area (Å²) in [7, 11) is 0. The Morgan fingerprint density at radius 1 is 1.21 bits per heavy atom. The molecule has 0 radical (unpaired) electrons. The van der Waals surface area contributed by atoms with E-state index in [0.29, 0.717) is 36.2 Å². The number of aromatic nitrogens is 1. The van der Waals surface area contributed by atoms with Crippen LogP contribution in [0.25, 0.3) is 10.9 Å². The van der Waals surface area contributed by atoms with E-state index in [-0.39, 0.29) is 12.1 Å². The zero-order valence-electron chi connectivity index (χ0n) is 15.0. The molecule has 7 nitrogen and oxygen atoms in total. The zero-order chi connectivity index (χ0) is 20.9. The van der Waals surface area contributed by atoms with E-state index in [1.54, 1.807) is 25.1 Å². The molecule has 2 N–H and O–H groups in total. The van der Waals surface area contributed by atoms with Gasteiger partial charge in [0.05, 0.1) is 18.5 Å². The van der Waals surface area contributed by atoms with Crippen LogP contribution in [0, 0.1) is 0 Å². The Kier molecular flexibility index (Phi) is 6.79. The lowest BCUT2D eigenvalue weighted by atomic mass is 10.1. The number of rotatable bonds is 7. The van der Waals surface area contributed by atoms with E-state index in [9.17, 15) is 27.6 Å². The second kappa shape index (κ2) is 8.87. The maximum Gasteiger partial charge on any atom is 0.491 e. The first-order valence-electron chi connectivity index (χ1n) is 8.48. The molecule has 0 atom stereocenters. The summed E-state index contributed by atoms with van der Waals surface area (Å²) in [6, 6.07) is 6.37. The molecular formula is C18H19F3N2O5. The van der Waals surface area contributed by atoms with Crippen molar-refractivity contribution in [1.82, 2.24) is 4.57 Å². The third-order valence-corrected chi connectivity index (χ3v) is 3.85. The van der Waals surface area contributed by atoms with Crippen LogP contribution in [0.2, 0.25) is 0 Å². The van der Waals surface area contributed by atoms with Gasteiger partial charge in [0.1, 0.15) is 5.75 Å². The van der Waals surface area contributed by atoms with Crippen LogP contribution in [0.15, 0.2) is 29.1 Å². The van der Waals surface area contributed by atoms with Crippen molar-refractivity contribution in [2.24, 2.45) is 5.73 Å². The van der Waals surface area contributed by atoms with Crippen LogP contribution in [-0.2, 0) is 27.3 Å². The summed E-state index contributed by atoms with van der Waals surface area (Å²) < 4.78 is 47.2. The summed E-state index contributed by atoms with van der Waals surface area (Å²) in [6.45, 7) is 2.85. The fourth-order valence-electron chi connectivity index (χ4n) is 2.57. The number of aryl methyl sites for hydroxylation is 1. The Hall–Kier alpha value is -2.88. The predicted octanol–water partition coefficient (Wildman–Crippen LogP) is 1.92. The van der Waals surface area contributed by atoms with Crippen LogP contribution in [0.3, 0.4) is 0 Å². The number of fused-ring (bicyclic) bond motifs is 1. The highest BCUT2D eigenvalue weighted by atomic mass is 19.4. The molecule has 0 aliphatic carbocycles. The summed E-state index contributed by atoms with van der Waals surface area (Å²) in [5.41, 5.74) is 5.31. The van der Waals surface area contributed by atoms with Crippen molar-refractivity contribution in [1.29, 1.82) is 0 Å². The molecule has 0 amide bonds. The molecule has 1 aromatic heterocycles. The highest BCUT2D eigenvalue weighted by Crippen LogP contribution is 2.22. The first-order valence-corrected chi connectivity index (χ1v) is 8.48. The average molecular weight is 400 g/mol. The van der Waals surface area contributed by atoms with Gasteiger partial charge in [-0.25, -0.2) is 4.79 Å². The number of ether oxygens (including phenoxy) is 2. The zero-order valence-corrected chi connectivity index (χ0v) is 15.0. The quantitative estimate of drug-likeness (QED) is 0.433. The maximum absolute atomic E-state index is 12.6. The van der Waals surface area contributed by atoms with E-state index in [1.807, 2.05) is 0 Å². The minimum atomic E-state index is -5.29. The van der Waals surface area contributed by atoms with Crippen LogP contribution in [-0.4, -0.2) is 35.8 Å². The molecule has 28 heavy (non-hydrogen) atoms. The van der Waals surface area contributed by atoms with Gasteiger partial charge in [0.15, 0.2) is 0 Å². The van der Waals surface area contributed by atoms with Crippen LogP contribution >= 0.6 is 0 Å². The molecule has 2 aromatic rings. The molecule has 1 heterocycles. The lowest BCUT2D eigenvalue weighted by Gasteiger charge is -2.13. The second-order valence-electron chi connectivity index (χ2n) is 5.87. The molecule has 0 saturated heterocycles. The highest BCUT2D eigenvalue weighted by molar-refractivity contribution is 5.90. The highest BCUT2D eigenvalue weighted by Gasteiger charge is 2.42. The number of nitrogens with two attached hydrogens (primary N) is 1. The van der Waals surface area contributed by atoms with Crippen LogP contribution in [0.4, 0.5) is 13.2 Å². The third kappa shape index (κ3) is 5.10.